The first-order chi connectivity index (χ1) is 17.5. The second-order valence-corrected chi connectivity index (χ2v) is 8.83. The molecule has 0 spiro atoms. The number of aromatic hydroxyl groups is 1. The molecule has 0 saturated carbocycles. The lowest BCUT2D eigenvalue weighted by Crippen LogP contribution is -2.29. The summed E-state index contributed by atoms with van der Waals surface area (Å²) < 4.78 is 0. The van der Waals surface area contributed by atoms with E-state index in [1.54, 1.807) is 48.5 Å². The molecule has 0 saturated heterocycles. The van der Waals surface area contributed by atoms with Crippen LogP contribution in [0.3, 0.4) is 0 Å². The first-order valence-corrected chi connectivity index (χ1v) is 11.9. The molecule has 3 aromatic carbocycles. The highest BCUT2D eigenvalue weighted by molar-refractivity contribution is 6.24. The zero-order valence-electron chi connectivity index (χ0n) is 19.5. The zero-order chi connectivity index (χ0) is 25.1. The first kappa shape index (κ1) is 23.3. The summed E-state index contributed by atoms with van der Waals surface area (Å²) in [5, 5.41) is 19.2. The molecule has 0 aromatic heterocycles. The summed E-state index contributed by atoms with van der Waals surface area (Å²) in [5.74, 6) is -0.207. The lowest BCUT2D eigenvalue weighted by Gasteiger charge is -2.11. The van der Waals surface area contributed by atoms with Crippen molar-refractivity contribution in [2.75, 3.05) is 11.9 Å². The molecule has 1 aliphatic carbocycles. The highest BCUT2D eigenvalue weighted by atomic mass is 16.6. The molecule has 3 N–H and O–H groups in total. The molecular formula is C28H25N3O5. The number of nitrogens with zero attached hydrogens (tertiary/aromatic N) is 1. The Labute approximate surface area is 208 Å². The number of fused-ring (bicyclic) bond motifs is 3. The van der Waals surface area contributed by atoms with E-state index in [1.165, 1.54) is 0 Å². The molecule has 1 heterocycles. The van der Waals surface area contributed by atoms with Crippen LogP contribution in [0.15, 0.2) is 71.9 Å². The van der Waals surface area contributed by atoms with Crippen molar-refractivity contribution in [3.63, 3.8) is 0 Å². The number of amides is 2. The Bertz CT molecular complexity index is 1360. The summed E-state index contributed by atoms with van der Waals surface area (Å²) in [7, 11) is 0. The Morgan fingerprint density at radius 1 is 0.944 bits per heavy atom. The van der Waals surface area contributed by atoms with Crippen LogP contribution in [0.5, 0.6) is 5.75 Å². The summed E-state index contributed by atoms with van der Waals surface area (Å²) in [6.07, 6.45) is 1.04. The van der Waals surface area contributed by atoms with Crippen LogP contribution in [-0.2, 0) is 14.4 Å². The van der Waals surface area contributed by atoms with Crippen LogP contribution in [-0.4, -0.2) is 41.1 Å². The van der Waals surface area contributed by atoms with E-state index in [0.717, 1.165) is 22.4 Å². The van der Waals surface area contributed by atoms with Gasteiger partial charge in [-0.15, -0.1) is 0 Å². The quantitative estimate of drug-likeness (QED) is 0.327. The van der Waals surface area contributed by atoms with Gasteiger partial charge in [-0.3, -0.25) is 14.4 Å². The number of anilines is 1. The van der Waals surface area contributed by atoms with Crippen molar-refractivity contribution >= 4 is 29.0 Å². The Morgan fingerprint density at radius 2 is 1.69 bits per heavy atom. The summed E-state index contributed by atoms with van der Waals surface area (Å²) in [6, 6.07) is 19.4. The molecule has 182 valence electrons. The van der Waals surface area contributed by atoms with E-state index < -0.39 is 0 Å². The van der Waals surface area contributed by atoms with Gasteiger partial charge in [0.15, 0.2) is 5.78 Å². The van der Waals surface area contributed by atoms with Gasteiger partial charge >= 0.3 is 0 Å². The van der Waals surface area contributed by atoms with Gasteiger partial charge in [-0.1, -0.05) is 41.6 Å². The second kappa shape index (κ2) is 10.0. The van der Waals surface area contributed by atoms with E-state index in [1.807, 2.05) is 18.2 Å². The third kappa shape index (κ3) is 4.84. The molecule has 0 radical (unpaired) electrons. The van der Waals surface area contributed by atoms with Crippen molar-refractivity contribution in [2.24, 2.45) is 5.16 Å². The van der Waals surface area contributed by atoms with Crippen LogP contribution in [0, 0.1) is 0 Å². The maximum atomic E-state index is 12.6. The van der Waals surface area contributed by atoms with Crippen LogP contribution >= 0.6 is 0 Å². The molecule has 1 atom stereocenters. The number of hydrogen-bond donors (Lipinski definition) is 3. The lowest BCUT2D eigenvalue weighted by atomic mass is 10.0. The normalized spacial score (nSPS) is 15.5. The fourth-order valence-corrected chi connectivity index (χ4v) is 4.51. The van der Waals surface area contributed by atoms with Crippen molar-refractivity contribution < 1.29 is 24.3 Å². The second-order valence-electron chi connectivity index (χ2n) is 8.83. The molecule has 8 heteroatoms. The number of carbonyl (C=O) groups excluding carboxylic acids is 3. The molecule has 2 amide bonds. The van der Waals surface area contributed by atoms with Crippen molar-refractivity contribution in [1.29, 1.82) is 0 Å². The fraction of sp³-hybridized carbons (Fsp3) is 0.214. The molecular weight excluding hydrogens is 458 g/mol. The van der Waals surface area contributed by atoms with Crippen molar-refractivity contribution in [1.82, 2.24) is 5.32 Å². The zero-order valence-corrected chi connectivity index (χ0v) is 19.5. The number of phenolic OH excluding ortho intramolecular Hbond substituents is 1. The first-order valence-electron chi connectivity index (χ1n) is 11.9. The summed E-state index contributed by atoms with van der Waals surface area (Å²) in [4.78, 5) is 42.9. The molecule has 8 nitrogen and oxygen atoms in total. The van der Waals surface area contributed by atoms with Crippen molar-refractivity contribution in [3.8, 4) is 16.9 Å². The molecule has 36 heavy (non-hydrogen) atoms. The highest BCUT2D eigenvalue weighted by Gasteiger charge is 2.29. The average Bonchev–Trinajstić information content (AvgIpc) is 3.46. The lowest BCUT2D eigenvalue weighted by molar-refractivity contribution is -0.124. The van der Waals surface area contributed by atoms with E-state index in [-0.39, 0.29) is 42.3 Å². The van der Waals surface area contributed by atoms with Gasteiger partial charge < -0.3 is 20.6 Å². The third-order valence-electron chi connectivity index (χ3n) is 6.27. The minimum atomic E-state index is -0.345. The number of rotatable bonds is 8. The van der Waals surface area contributed by atoms with Gasteiger partial charge in [-0.05, 0) is 47.9 Å². The molecule has 2 aliphatic rings. The number of phenols is 1. The number of benzene rings is 3. The van der Waals surface area contributed by atoms with Crippen LogP contribution in [0.1, 0.15) is 47.2 Å². The van der Waals surface area contributed by atoms with Gasteiger partial charge in [-0.2, -0.15) is 0 Å². The van der Waals surface area contributed by atoms with Gasteiger partial charge in [0.1, 0.15) is 11.9 Å². The monoisotopic (exact) mass is 483 g/mol. The minimum absolute atomic E-state index is 0.0359. The Morgan fingerprint density at radius 3 is 2.50 bits per heavy atom. The molecule has 1 unspecified atom stereocenters. The topological polar surface area (TPSA) is 117 Å². The van der Waals surface area contributed by atoms with Gasteiger partial charge in [0.2, 0.25) is 11.8 Å². The van der Waals surface area contributed by atoms with Crippen molar-refractivity contribution in [3.05, 3.63) is 83.4 Å². The van der Waals surface area contributed by atoms with E-state index >= 15 is 0 Å². The SMILES string of the molecule is O=C(CC1CC(c2ccc(O)cc2)=NO1)NCCCC(=O)Nc1cccc2c1-c1ccccc1C2=O. The van der Waals surface area contributed by atoms with Gasteiger partial charge in [0.05, 0.1) is 12.1 Å². The third-order valence-corrected chi connectivity index (χ3v) is 6.27. The fourth-order valence-electron chi connectivity index (χ4n) is 4.51. The van der Waals surface area contributed by atoms with Gasteiger partial charge in [0, 0.05) is 41.8 Å². The van der Waals surface area contributed by atoms with Crippen LogP contribution < -0.4 is 10.6 Å². The Kier molecular flexibility index (Phi) is 6.49. The maximum absolute atomic E-state index is 12.6. The van der Waals surface area contributed by atoms with E-state index in [9.17, 15) is 19.5 Å². The van der Waals surface area contributed by atoms with Crippen LogP contribution in [0.2, 0.25) is 0 Å². The Balaban J connectivity index is 1.06. The number of oxime groups is 1. The maximum Gasteiger partial charge on any atom is 0.224 e. The van der Waals surface area contributed by atoms with E-state index in [0.29, 0.717) is 36.2 Å². The number of nitrogens with one attached hydrogen (secondary N) is 2. The Hall–Kier alpha value is -4.46. The molecule has 5 rings (SSSR count). The summed E-state index contributed by atoms with van der Waals surface area (Å²) in [5.41, 5.74) is 5.01. The minimum Gasteiger partial charge on any atom is -0.508 e. The predicted octanol–water partition coefficient (Wildman–Crippen LogP) is 4.02. The number of carbonyl (C=O) groups is 3. The van der Waals surface area contributed by atoms with Gasteiger partial charge in [0.25, 0.3) is 0 Å². The summed E-state index contributed by atoms with van der Waals surface area (Å²) in [6.45, 7) is 0.360. The molecule has 3 aromatic rings. The average molecular weight is 484 g/mol. The predicted molar refractivity (Wildman–Crippen MR) is 135 cm³/mol. The largest absolute Gasteiger partial charge is 0.508 e. The van der Waals surface area contributed by atoms with Gasteiger partial charge in [-0.25, -0.2) is 0 Å². The summed E-state index contributed by atoms with van der Waals surface area (Å²) >= 11 is 0. The number of ketones is 1. The van der Waals surface area contributed by atoms with Crippen LogP contribution in [0.25, 0.3) is 11.1 Å². The highest BCUT2D eigenvalue weighted by Crippen LogP contribution is 2.41. The van der Waals surface area contributed by atoms with E-state index in [2.05, 4.69) is 15.8 Å². The number of hydrogen-bond acceptors (Lipinski definition) is 6. The standard InChI is InChI=1S/C28H25N3O5/c32-18-12-10-17(11-13-18)24-15-19(36-31-24)16-26(34)29-14-4-9-25(33)30-23-8-3-7-22-27(23)20-5-1-2-6-21(20)28(22)35/h1-3,5-8,10-13,19,32H,4,9,14-16H2,(H,29,34)(H,30,33). The molecule has 0 bridgehead atoms. The molecule has 0 fully saturated rings. The van der Waals surface area contributed by atoms with Crippen LogP contribution in [0.4, 0.5) is 5.69 Å². The molecule has 1 aliphatic heterocycles. The smallest absolute Gasteiger partial charge is 0.224 e. The van der Waals surface area contributed by atoms with E-state index in [4.69, 9.17) is 4.84 Å². The van der Waals surface area contributed by atoms with Crippen molar-refractivity contribution in [2.45, 2.75) is 31.8 Å².